The summed E-state index contributed by atoms with van der Waals surface area (Å²) in [5, 5.41) is 2.88. The smallest absolute Gasteiger partial charge is 0.244 e. The Balaban J connectivity index is 1.67. The third kappa shape index (κ3) is 4.32. The molecule has 0 aliphatic heterocycles. The number of nitrogens with two attached hydrogens (primary N) is 1. The van der Waals surface area contributed by atoms with Crippen LogP contribution in [0.5, 0.6) is 0 Å². The number of benzene rings is 1. The standard InChI is InChI=1S/C16H24N2O2/c1-16(17,14-6-3-2-4-7-14)15(19)18-10-5-11-20-12-13-8-9-13/h2-4,6-7,13H,5,8-12,17H2,1H3,(H,18,19). The van der Waals surface area contributed by atoms with Crippen molar-refractivity contribution in [3.05, 3.63) is 35.9 Å². The molecule has 1 saturated carbocycles. The Hall–Kier alpha value is -1.39. The minimum atomic E-state index is -0.990. The van der Waals surface area contributed by atoms with Crippen molar-refractivity contribution in [2.24, 2.45) is 11.7 Å². The Morgan fingerprint density at radius 3 is 2.75 bits per heavy atom. The van der Waals surface area contributed by atoms with Crippen LogP contribution in [0.15, 0.2) is 30.3 Å². The molecule has 1 aromatic rings. The van der Waals surface area contributed by atoms with Crippen molar-refractivity contribution >= 4 is 5.91 Å². The summed E-state index contributed by atoms with van der Waals surface area (Å²) in [5.74, 6) is 0.640. The van der Waals surface area contributed by atoms with E-state index in [1.807, 2.05) is 30.3 Å². The fourth-order valence-electron chi connectivity index (χ4n) is 2.01. The first-order valence-corrected chi connectivity index (χ1v) is 7.31. The van der Waals surface area contributed by atoms with Crippen LogP contribution < -0.4 is 11.1 Å². The van der Waals surface area contributed by atoms with Gasteiger partial charge in [0.25, 0.3) is 0 Å². The second-order valence-corrected chi connectivity index (χ2v) is 5.70. The van der Waals surface area contributed by atoms with Gasteiger partial charge >= 0.3 is 0 Å². The first kappa shape index (κ1) is 15.0. The Bertz CT molecular complexity index is 427. The lowest BCUT2D eigenvalue weighted by Gasteiger charge is -2.24. The van der Waals surface area contributed by atoms with Crippen molar-refractivity contribution in [3.63, 3.8) is 0 Å². The zero-order valence-corrected chi connectivity index (χ0v) is 12.1. The predicted octanol–water partition coefficient (Wildman–Crippen LogP) is 1.79. The fraction of sp³-hybridized carbons (Fsp3) is 0.562. The molecule has 1 unspecified atom stereocenters. The normalized spacial score (nSPS) is 17.5. The van der Waals surface area contributed by atoms with Gasteiger partial charge in [0, 0.05) is 19.8 Å². The van der Waals surface area contributed by atoms with E-state index in [1.165, 1.54) is 12.8 Å². The zero-order chi connectivity index (χ0) is 14.4. The third-order valence-corrected chi connectivity index (χ3v) is 3.65. The minimum absolute atomic E-state index is 0.147. The SMILES string of the molecule is CC(N)(C(=O)NCCCOCC1CC1)c1ccccc1. The number of rotatable bonds is 8. The van der Waals surface area contributed by atoms with E-state index in [2.05, 4.69) is 5.32 Å². The van der Waals surface area contributed by atoms with E-state index in [1.54, 1.807) is 6.92 Å². The van der Waals surface area contributed by atoms with Gasteiger partial charge in [-0.25, -0.2) is 0 Å². The lowest BCUT2D eigenvalue weighted by molar-refractivity contribution is -0.126. The molecule has 1 amide bonds. The van der Waals surface area contributed by atoms with Crippen LogP contribution in [0.4, 0.5) is 0 Å². The molecule has 0 heterocycles. The van der Waals surface area contributed by atoms with Gasteiger partial charge in [-0.3, -0.25) is 4.79 Å². The van der Waals surface area contributed by atoms with E-state index in [0.717, 1.165) is 24.5 Å². The van der Waals surface area contributed by atoms with E-state index in [9.17, 15) is 4.79 Å². The number of carbonyl (C=O) groups is 1. The van der Waals surface area contributed by atoms with Crippen LogP contribution in [0.1, 0.15) is 31.7 Å². The predicted molar refractivity (Wildman–Crippen MR) is 79.2 cm³/mol. The van der Waals surface area contributed by atoms with Crippen molar-refractivity contribution < 1.29 is 9.53 Å². The highest BCUT2D eigenvalue weighted by molar-refractivity contribution is 5.86. The molecule has 110 valence electrons. The summed E-state index contributed by atoms with van der Waals surface area (Å²) in [4.78, 5) is 12.1. The maximum atomic E-state index is 12.1. The second kappa shape index (κ2) is 6.86. The maximum Gasteiger partial charge on any atom is 0.244 e. The molecule has 1 aliphatic rings. The molecule has 0 radical (unpaired) electrons. The largest absolute Gasteiger partial charge is 0.381 e. The van der Waals surface area contributed by atoms with E-state index in [0.29, 0.717) is 13.2 Å². The van der Waals surface area contributed by atoms with Crippen LogP contribution in [0.3, 0.4) is 0 Å². The molecule has 20 heavy (non-hydrogen) atoms. The summed E-state index contributed by atoms with van der Waals surface area (Å²) in [6.45, 7) is 3.90. The fourth-order valence-corrected chi connectivity index (χ4v) is 2.01. The van der Waals surface area contributed by atoms with Gasteiger partial charge in [-0.05, 0) is 37.7 Å². The first-order valence-electron chi connectivity index (χ1n) is 7.31. The molecule has 0 bridgehead atoms. The molecule has 3 N–H and O–H groups in total. The molecule has 4 heteroatoms. The van der Waals surface area contributed by atoms with Gasteiger partial charge in [0.05, 0.1) is 0 Å². The molecular weight excluding hydrogens is 252 g/mol. The Kier molecular flexibility index (Phi) is 5.15. The van der Waals surface area contributed by atoms with Crippen LogP contribution in [0, 0.1) is 5.92 Å². The van der Waals surface area contributed by atoms with E-state index < -0.39 is 5.54 Å². The van der Waals surface area contributed by atoms with Gasteiger partial charge < -0.3 is 15.8 Å². The number of carbonyl (C=O) groups excluding carboxylic acids is 1. The van der Waals surface area contributed by atoms with Crippen molar-refractivity contribution in [2.75, 3.05) is 19.8 Å². The van der Waals surface area contributed by atoms with E-state index in [4.69, 9.17) is 10.5 Å². The van der Waals surface area contributed by atoms with Crippen LogP contribution >= 0.6 is 0 Å². The lowest BCUT2D eigenvalue weighted by atomic mass is 9.92. The monoisotopic (exact) mass is 276 g/mol. The Morgan fingerprint density at radius 1 is 1.40 bits per heavy atom. The number of hydrogen-bond donors (Lipinski definition) is 2. The first-order chi connectivity index (χ1) is 9.60. The highest BCUT2D eigenvalue weighted by Gasteiger charge is 2.29. The van der Waals surface area contributed by atoms with Gasteiger partial charge in [0.1, 0.15) is 5.54 Å². The molecule has 0 aromatic heterocycles. The van der Waals surface area contributed by atoms with Crippen LogP contribution in [0.25, 0.3) is 0 Å². The molecule has 1 fully saturated rings. The van der Waals surface area contributed by atoms with Gasteiger partial charge in [-0.15, -0.1) is 0 Å². The average molecular weight is 276 g/mol. The van der Waals surface area contributed by atoms with Crippen molar-refractivity contribution in [1.29, 1.82) is 0 Å². The highest BCUT2D eigenvalue weighted by Crippen LogP contribution is 2.28. The Morgan fingerprint density at radius 2 is 2.10 bits per heavy atom. The molecule has 1 aromatic carbocycles. The zero-order valence-electron chi connectivity index (χ0n) is 12.1. The summed E-state index contributed by atoms with van der Waals surface area (Å²) >= 11 is 0. The topological polar surface area (TPSA) is 64.4 Å². The summed E-state index contributed by atoms with van der Waals surface area (Å²) < 4.78 is 5.53. The van der Waals surface area contributed by atoms with Crippen molar-refractivity contribution in [3.8, 4) is 0 Å². The number of amides is 1. The number of nitrogens with one attached hydrogen (secondary N) is 1. The van der Waals surface area contributed by atoms with E-state index in [-0.39, 0.29) is 5.91 Å². The molecule has 1 aliphatic carbocycles. The van der Waals surface area contributed by atoms with Gasteiger partial charge in [-0.2, -0.15) is 0 Å². The Labute approximate surface area is 120 Å². The molecule has 0 spiro atoms. The minimum Gasteiger partial charge on any atom is -0.381 e. The highest BCUT2D eigenvalue weighted by atomic mass is 16.5. The van der Waals surface area contributed by atoms with Crippen molar-refractivity contribution in [1.82, 2.24) is 5.32 Å². The molecule has 2 rings (SSSR count). The number of ether oxygens (including phenoxy) is 1. The lowest BCUT2D eigenvalue weighted by Crippen LogP contribution is -2.49. The third-order valence-electron chi connectivity index (χ3n) is 3.65. The van der Waals surface area contributed by atoms with Crippen molar-refractivity contribution in [2.45, 2.75) is 31.7 Å². The summed E-state index contributed by atoms with van der Waals surface area (Å²) in [5.41, 5.74) is 5.96. The summed E-state index contributed by atoms with van der Waals surface area (Å²) in [6, 6.07) is 9.43. The van der Waals surface area contributed by atoms with Crippen LogP contribution in [0.2, 0.25) is 0 Å². The summed E-state index contributed by atoms with van der Waals surface area (Å²) in [6.07, 6.45) is 3.43. The molecule has 0 saturated heterocycles. The second-order valence-electron chi connectivity index (χ2n) is 5.70. The van der Waals surface area contributed by atoms with Gasteiger partial charge in [-0.1, -0.05) is 30.3 Å². The number of hydrogen-bond acceptors (Lipinski definition) is 3. The average Bonchev–Trinajstić information content (AvgIpc) is 3.27. The molecule has 1 atom stereocenters. The maximum absolute atomic E-state index is 12.1. The molecular formula is C16H24N2O2. The van der Waals surface area contributed by atoms with Gasteiger partial charge in [0.2, 0.25) is 5.91 Å². The molecule has 4 nitrogen and oxygen atoms in total. The van der Waals surface area contributed by atoms with E-state index >= 15 is 0 Å². The van der Waals surface area contributed by atoms with Crippen LogP contribution in [-0.4, -0.2) is 25.7 Å². The quantitative estimate of drug-likeness (QED) is 0.712. The summed E-state index contributed by atoms with van der Waals surface area (Å²) in [7, 11) is 0. The van der Waals surface area contributed by atoms with Crippen LogP contribution in [-0.2, 0) is 15.1 Å². The van der Waals surface area contributed by atoms with Gasteiger partial charge in [0.15, 0.2) is 0 Å².